The molecule has 0 unspecified atom stereocenters. The minimum atomic E-state index is -10.7. The number of diazo groups is 1. The maximum absolute atomic E-state index is 10.7. The van der Waals surface area contributed by atoms with Crippen LogP contribution in [0, 0.1) is 5.39 Å². The van der Waals surface area contributed by atoms with Crippen molar-refractivity contribution in [2.45, 2.75) is 0 Å². The Morgan fingerprint density at radius 3 is 1.76 bits per heavy atom. The number of para-hydroxylation sites is 1. The van der Waals surface area contributed by atoms with Gasteiger partial charge >= 0.3 is 38.7 Å². The molecule has 0 atom stereocenters. The second kappa shape index (κ2) is 4.04. The van der Waals surface area contributed by atoms with E-state index < -0.39 is 7.81 Å². The van der Waals surface area contributed by atoms with Crippen LogP contribution in [0.3, 0.4) is 0 Å². The Morgan fingerprint density at radius 1 is 1.06 bits per heavy atom. The molecule has 0 saturated carbocycles. The van der Waals surface area contributed by atoms with Crippen LogP contribution >= 0.6 is 7.81 Å². The number of ether oxygens (including phenoxy) is 1. The van der Waals surface area contributed by atoms with Crippen LogP contribution in [-0.2, 0) is 0 Å². The summed E-state index contributed by atoms with van der Waals surface area (Å²) in [7, 11) is -9.13. The molecule has 10 heteroatoms. The summed E-state index contributed by atoms with van der Waals surface area (Å²) >= 11 is 0. The number of rotatable bonds is 1. The zero-order valence-electron chi connectivity index (χ0n) is 8.33. The molecular formula is C7H7F6N2OP. The number of benzene rings is 1. The molecule has 0 N–H and O–H groups in total. The van der Waals surface area contributed by atoms with Gasteiger partial charge in [-0.3, -0.25) is 0 Å². The van der Waals surface area contributed by atoms with Gasteiger partial charge in [-0.15, -0.1) is 0 Å². The summed E-state index contributed by atoms with van der Waals surface area (Å²) in [5.41, 5.74) is 0.449. The van der Waals surface area contributed by atoms with Crippen molar-refractivity contribution in [2.24, 2.45) is 0 Å². The van der Waals surface area contributed by atoms with E-state index in [9.17, 15) is 25.2 Å². The topological polar surface area (TPSA) is 37.4 Å². The van der Waals surface area contributed by atoms with Gasteiger partial charge in [-0.25, -0.2) is 0 Å². The van der Waals surface area contributed by atoms with Crippen molar-refractivity contribution in [1.82, 2.24) is 0 Å². The molecule has 0 fully saturated rings. The van der Waals surface area contributed by atoms with Crippen LogP contribution in [0.4, 0.5) is 30.9 Å². The van der Waals surface area contributed by atoms with E-state index in [0.717, 1.165) is 0 Å². The van der Waals surface area contributed by atoms with E-state index in [-0.39, 0.29) is 0 Å². The molecule has 0 radical (unpaired) electrons. The van der Waals surface area contributed by atoms with Gasteiger partial charge < -0.3 is 4.74 Å². The maximum atomic E-state index is 9.87. The molecule has 1 rings (SSSR count). The van der Waals surface area contributed by atoms with Crippen LogP contribution in [-0.4, -0.2) is 7.11 Å². The molecule has 17 heavy (non-hydrogen) atoms. The number of nitrogens with zero attached hydrogens (tertiary/aromatic N) is 2. The second-order valence-corrected chi connectivity index (χ2v) is 4.65. The first-order valence-corrected chi connectivity index (χ1v) is 5.91. The Morgan fingerprint density at radius 2 is 1.47 bits per heavy atom. The van der Waals surface area contributed by atoms with Gasteiger partial charge in [-0.1, -0.05) is 12.1 Å². The quantitative estimate of drug-likeness (QED) is 0.383. The normalized spacial score (nSPS) is 14.5. The zero-order valence-corrected chi connectivity index (χ0v) is 9.22. The molecule has 0 aliphatic carbocycles. The van der Waals surface area contributed by atoms with Crippen molar-refractivity contribution in [3.05, 3.63) is 29.2 Å². The van der Waals surface area contributed by atoms with E-state index >= 15 is 0 Å². The van der Waals surface area contributed by atoms with Crippen molar-refractivity contribution in [1.29, 1.82) is 5.39 Å². The number of halogens is 6. The average Bonchev–Trinajstić information content (AvgIpc) is 2.13. The van der Waals surface area contributed by atoms with Crippen molar-refractivity contribution >= 4 is 13.5 Å². The average molecular weight is 280 g/mol. The van der Waals surface area contributed by atoms with Crippen LogP contribution in [0.1, 0.15) is 0 Å². The van der Waals surface area contributed by atoms with Gasteiger partial charge in [0.15, 0.2) is 4.98 Å². The molecule has 0 saturated heterocycles. The summed E-state index contributed by atoms with van der Waals surface area (Å²) in [6.45, 7) is 0. The molecule has 0 aliphatic heterocycles. The summed E-state index contributed by atoms with van der Waals surface area (Å²) in [6.07, 6.45) is 0. The molecule has 0 aliphatic rings. The summed E-state index contributed by atoms with van der Waals surface area (Å²) in [5, 5.41) is 8.39. The summed E-state index contributed by atoms with van der Waals surface area (Å²) < 4.78 is 64.1. The first-order chi connectivity index (χ1) is 7.33. The fourth-order valence-corrected chi connectivity index (χ4v) is 0.712. The second-order valence-electron chi connectivity index (χ2n) is 2.73. The van der Waals surface area contributed by atoms with Crippen molar-refractivity contribution < 1.29 is 29.9 Å². The molecule has 0 bridgehead atoms. The first-order valence-electron chi connectivity index (χ1n) is 3.88. The SMILES string of the molecule is COc1ccccc1[N+]#N.F[P-](F)(F)(F)(F)F. The number of hydrogen-bond donors (Lipinski definition) is 0. The molecule has 98 valence electrons. The predicted molar refractivity (Wildman–Crippen MR) is 51.3 cm³/mol. The Labute approximate surface area is 91.9 Å². The Bertz CT molecular complexity index is 425. The molecule has 1 aromatic rings. The van der Waals surface area contributed by atoms with Gasteiger partial charge in [0.1, 0.15) is 0 Å². The van der Waals surface area contributed by atoms with Gasteiger partial charge in [0.2, 0.25) is 11.1 Å². The minimum absolute atomic E-state index is 0.449. The van der Waals surface area contributed by atoms with Crippen LogP contribution in [0.2, 0.25) is 0 Å². The van der Waals surface area contributed by atoms with Crippen LogP contribution in [0.5, 0.6) is 5.75 Å². The van der Waals surface area contributed by atoms with E-state index in [4.69, 9.17) is 10.1 Å². The van der Waals surface area contributed by atoms with Gasteiger partial charge in [0.05, 0.1) is 7.11 Å². The molecule has 0 amide bonds. The van der Waals surface area contributed by atoms with Crippen molar-refractivity contribution in [2.75, 3.05) is 7.11 Å². The fourth-order valence-electron chi connectivity index (χ4n) is 0.712. The Balaban J connectivity index is 0.000000325. The third kappa shape index (κ3) is 12.4. The number of methoxy groups -OCH3 is 1. The van der Waals surface area contributed by atoms with Gasteiger partial charge in [-0.2, -0.15) is 0 Å². The van der Waals surface area contributed by atoms with E-state index in [1.54, 1.807) is 18.2 Å². The standard InChI is InChI=1S/C7H7N2O.F6P/c1-10-7-5-3-2-4-6(7)9-8;1-7(2,3,4,5)6/h2-5H,1H3;/q+1;-1. The van der Waals surface area contributed by atoms with E-state index in [1.165, 1.54) is 7.11 Å². The monoisotopic (exact) mass is 280 g/mol. The Kier molecular flexibility index (Phi) is 3.67. The Hall–Kier alpha value is -1.55. The van der Waals surface area contributed by atoms with Gasteiger partial charge in [0.25, 0.3) is 0 Å². The van der Waals surface area contributed by atoms with Crippen LogP contribution in [0.15, 0.2) is 24.3 Å². The summed E-state index contributed by atoms with van der Waals surface area (Å²) in [5.74, 6) is 0.574. The summed E-state index contributed by atoms with van der Waals surface area (Å²) in [4.78, 5) is 3.02. The predicted octanol–water partition coefficient (Wildman–Crippen LogP) is 5.56. The van der Waals surface area contributed by atoms with Gasteiger partial charge in [0, 0.05) is 6.07 Å². The van der Waals surface area contributed by atoms with E-state index in [1.807, 2.05) is 6.07 Å². The van der Waals surface area contributed by atoms with E-state index in [0.29, 0.717) is 11.4 Å². The van der Waals surface area contributed by atoms with E-state index in [2.05, 4.69) is 4.98 Å². The first kappa shape index (κ1) is 15.4. The number of hydrogen-bond acceptors (Lipinski definition) is 2. The third-order valence-electron chi connectivity index (χ3n) is 1.19. The third-order valence-corrected chi connectivity index (χ3v) is 1.19. The molecule has 0 aromatic heterocycles. The zero-order chi connectivity index (χ0) is 13.8. The molecule has 3 nitrogen and oxygen atoms in total. The van der Waals surface area contributed by atoms with Crippen LogP contribution < -0.4 is 4.74 Å². The van der Waals surface area contributed by atoms with Crippen molar-refractivity contribution in [3.8, 4) is 5.75 Å². The van der Waals surface area contributed by atoms with Crippen molar-refractivity contribution in [3.63, 3.8) is 0 Å². The summed E-state index contributed by atoms with van der Waals surface area (Å²) in [6, 6.07) is 6.99. The molecule has 0 heterocycles. The molecule has 0 spiro atoms. The molecule has 1 aromatic carbocycles. The fraction of sp³-hybridized carbons (Fsp3) is 0.143. The van der Waals surface area contributed by atoms with Gasteiger partial charge in [-0.05, 0) is 6.07 Å². The van der Waals surface area contributed by atoms with Crippen LogP contribution in [0.25, 0.3) is 4.98 Å². The molecular weight excluding hydrogens is 273 g/mol.